The number of carbonyl (C=O) groups is 1. The van der Waals surface area contributed by atoms with Gasteiger partial charge in [0.25, 0.3) is 11.6 Å². The van der Waals surface area contributed by atoms with E-state index in [1.54, 1.807) is 6.92 Å². The summed E-state index contributed by atoms with van der Waals surface area (Å²) in [4.78, 5) is 12.2. The number of carbonyl (C=O) groups excluding carboxylic acids is 1. The maximum atomic E-state index is 13.1. The summed E-state index contributed by atoms with van der Waals surface area (Å²) in [6.07, 6.45) is -5.49. The molecule has 1 heterocycles. The topological polar surface area (TPSA) is 52.9 Å². The summed E-state index contributed by atoms with van der Waals surface area (Å²) < 4.78 is 40.0. The second-order valence-electron chi connectivity index (χ2n) is 4.63. The van der Waals surface area contributed by atoms with E-state index in [9.17, 15) is 23.1 Å². The van der Waals surface area contributed by atoms with E-state index >= 15 is 0 Å². The molecule has 114 valence electrons. The Morgan fingerprint density at radius 2 is 2.00 bits per heavy atom. The Labute approximate surface area is 127 Å². The van der Waals surface area contributed by atoms with Crippen LogP contribution in [0.3, 0.4) is 0 Å². The van der Waals surface area contributed by atoms with Crippen LogP contribution in [0.2, 0.25) is 0 Å². The zero-order valence-corrected chi connectivity index (χ0v) is 12.6. The fourth-order valence-corrected chi connectivity index (χ4v) is 2.23. The van der Waals surface area contributed by atoms with E-state index in [0.29, 0.717) is 4.47 Å². The first-order valence-corrected chi connectivity index (χ1v) is 6.94. The first kappa shape index (κ1) is 16.0. The minimum atomic E-state index is -4.99. The molecule has 0 aliphatic carbocycles. The van der Waals surface area contributed by atoms with Crippen LogP contribution in [0, 0.1) is 0 Å². The molecule has 1 N–H and O–H groups in total. The van der Waals surface area contributed by atoms with Gasteiger partial charge < -0.3 is 5.11 Å². The Morgan fingerprint density at radius 1 is 1.43 bits per heavy atom. The first-order chi connectivity index (χ1) is 9.69. The molecule has 1 atom stereocenters. The zero-order chi connectivity index (χ0) is 15.8. The van der Waals surface area contributed by atoms with E-state index in [1.807, 2.05) is 0 Å². The third-order valence-electron chi connectivity index (χ3n) is 3.19. The second-order valence-corrected chi connectivity index (χ2v) is 5.55. The van der Waals surface area contributed by atoms with Gasteiger partial charge in [-0.15, -0.1) is 0 Å². The third kappa shape index (κ3) is 2.82. The molecule has 1 aromatic rings. The maximum absolute atomic E-state index is 13.1. The fourth-order valence-electron chi connectivity index (χ4n) is 1.96. The Bertz CT molecular complexity index is 586. The lowest BCUT2D eigenvalue weighted by molar-refractivity contribution is -0.297. The Balaban J connectivity index is 2.40. The Kier molecular flexibility index (Phi) is 4.12. The highest BCUT2D eigenvalue weighted by Crippen LogP contribution is 2.41. The van der Waals surface area contributed by atoms with Gasteiger partial charge in [0.1, 0.15) is 0 Å². The van der Waals surface area contributed by atoms with Gasteiger partial charge >= 0.3 is 6.18 Å². The highest BCUT2D eigenvalue weighted by atomic mass is 79.9. The molecule has 1 aromatic carbocycles. The van der Waals surface area contributed by atoms with Crippen molar-refractivity contribution in [1.82, 2.24) is 5.01 Å². The number of hydrogen-bond acceptors (Lipinski definition) is 3. The third-order valence-corrected chi connectivity index (χ3v) is 3.72. The molecule has 21 heavy (non-hydrogen) atoms. The summed E-state index contributed by atoms with van der Waals surface area (Å²) in [5.74, 6) is -0.995. The average molecular weight is 365 g/mol. The van der Waals surface area contributed by atoms with Crippen LogP contribution in [-0.4, -0.2) is 33.6 Å². The first-order valence-electron chi connectivity index (χ1n) is 6.14. The number of hydrogen-bond donors (Lipinski definition) is 1. The van der Waals surface area contributed by atoms with Crippen molar-refractivity contribution in [2.45, 2.75) is 31.7 Å². The standard InChI is InChI=1S/C13H12BrF3N2O2/c1-2-10-7-12(21,13(15,16)17)19(18-10)11(20)8-3-5-9(14)6-4-8/h3-6,21H,2,7H2,1H3/t12-/m0/s1. The van der Waals surface area contributed by atoms with Gasteiger partial charge in [-0.05, 0) is 30.7 Å². The normalized spacial score (nSPS) is 22.4. The maximum Gasteiger partial charge on any atom is 0.438 e. The van der Waals surface area contributed by atoms with Gasteiger partial charge in [0, 0.05) is 22.2 Å². The van der Waals surface area contributed by atoms with Crippen molar-refractivity contribution in [3.63, 3.8) is 0 Å². The van der Waals surface area contributed by atoms with Gasteiger partial charge in [0.15, 0.2) is 0 Å². The van der Waals surface area contributed by atoms with Crippen molar-refractivity contribution in [2.75, 3.05) is 0 Å². The molecule has 8 heteroatoms. The molecule has 0 unspecified atom stereocenters. The van der Waals surface area contributed by atoms with E-state index in [4.69, 9.17) is 0 Å². The molecular formula is C13H12BrF3N2O2. The van der Waals surface area contributed by atoms with Crippen LogP contribution in [0.15, 0.2) is 33.8 Å². The smallest absolute Gasteiger partial charge is 0.362 e. The zero-order valence-electron chi connectivity index (χ0n) is 11.0. The van der Waals surface area contributed by atoms with Gasteiger partial charge in [0.05, 0.1) is 0 Å². The molecule has 1 amide bonds. The Hall–Kier alpha value is -1.41. The lowest BCUT2D eigenvalue weighted by atomic mass is 10.0. The van der Waals surface area contributed by atoms with Crippen molar-refractivity contribution in [1.29, 1.82) is 0 Å². The summed E-state index contributed by atoms with van der Waals surface area (Å²) in [5.41, 5.74) is -3.15. The van der Waals surface area contributed by atoms with Crippen molar-refractivity contribution in [3.8, 4) is 0 Å². The Morgan fingerprint density at radius 3 is 2.48 bits per heavy atom. The van der Waals surface area contributed by atoms with Crippen LogP contribution >= 0.6 is 15.9 Å². The quantitative estimate of drug-likeness (QED) is 0.875. The number of aliphatic hydroxyl groups is 1. The molecule has 0 spiro atoms. The summed E-state index contributed by atoms with van der Waals surface area (Å²) in [5, 5.41) is 13.7. The molecule has 2 rings (SSSR count). The number of hydrazone groups is 1. The molecule has 1 aliphatic heterocycles. The monoisotopic (exact) mass is 364 g/mol. The number of benzene rings is 1. The SMILES string of the molecule is CCC1=NN(C(=O)c2ccc(Br)cc2)[C@@](O)(C(F)(F)F)C1. The van der Waals surface area contributed by atoms with E-state index in [0.717, 1.165) is 0 Å². The van der Waals surface area contributed by atoms with E-state index < -0.39 is 24.2 Å². The molecule has 0 aromatic heterocycles. The fraction of sp³-hybridized carbons (Fsp3) is 0.385. The summed E-state index contributed by atoms with van der Waals surface area (Å²) in [6, 6.07) is 5.78. The van der Waals surface area contributed by atoms with Crippen molar-refractivity contribution < 1.29 is 23.1 Å². The number of rotatable bonds is 2. The molecule has 4 nitrogen and oxygen atoms in total. The lowest BCUT2D eigenvalue weighted by Gasteiger charge is -2.32. The van der Waals surface area contributed by atoms with Crippen LogP contribution in [0.1, 0.15) is 30.1 Å². The van der Waals surface area contributed by atoms with Crippen LogP contribution < -0.4 is 0 Å². The largest absolute Gasteiger partial charge is 0.438 e. The number of alkyl halides is 3. The minimum Gasteiger partial charge on any atom is -0.362 e. The van der Waals surface area contributed by atoms with Crippen molar-refractivity contribution >= 4 is 27.5 Å². The van der Waals surface area contributed by atoms with Gasteiger partial charge in [-0.25, -0.2) is 0 Å². The van der Waals surface area contributed by atoms with Crippen LogP contribution in [0.5, 0.6) is 0 Å². The van der Waals surface area contributed by atoms with E-state index in [-0.39, 0.29) is 22.7 Å². The molecule has 0 bridgehead atoms. The van der Waals surface area contributed by atoms with E-state index in [2.05, 4.69) is 21.0 Å². The van der Waals surface area contributed by atoms with Gasteiger partial charge in [0.2, 0.25) is 0 Å². The highest BCUT2D eigenvalue weighted by Gasteiger charge is 2.63. The lowest BCUT2D eigenvalue weighted by Crippen LogP contribution is -2.56. The predicted octanol–water partition coefficient (Wildman–Crippen LogP) is 3.31. The van der Waals surface area contributed by atoms with Crippen LogP contribution in [-0.2, 0) is 0 Å². The second kappa shape index (κ2) is 5.42. The molecule has 0 saturated heterocycles. The van der Waals surface area contributed by atoms with Crippen molar-refractivity contribution in [2.24, 2.45) is 5.10 Å². The molecule has 0 fully saturated rings. The summed E-state index contributed by atoms with van der Waals surface area (Å²) in [7, 11) is 0. The number of nitrogens with zero attached hydrogens (tertiary/aromatic N) is 2. The average Bonchev–Trinajstić information content (AvgIpc) is 2.77. The van der Waals surface area contributed by atoms with E-state index in [1.165, 1.54) is 24.3 Å². The summed E-state index contributed by atoms with van der Waals surface area (Å²) >= 11 is 3.17. The van der Waals surface area contributed by atoms with Crippen molar-refractivity contribution in [3.05, 3.63) is 34.3 Å². The predicted molar refractivity (Wildman–Crippen MR) is 73.7 cm³/mol. The molecule has 1 aliphatic rings. The molecule has 0 saturated carbocycles. The number of amides is 1. The van der Waals surface area contributed by atoms with Crippen LogP contribution in [0.4, 0.5) is 13.2 Å². The molecular weight excluding hydrogens is 353 g/mol. The number of halogens is 4. The van der Waals surface area contributed by atoms with Gasteiger partial charge in [-0.3, -0.25) is 4.79 Å². The minimum absolute atomic E-state index is 0.0157. The van der Waals surface area contributed by atoms with Gasteiger partial charge in [-0.1, -0.05) is 22.9 Å². The molecule has 0 radical (unpaired) electrons. The highest BCUT2D eigenvalue weighted by molar-refractivity contribution is 9.10. The summed E-state index contributed by atoms with van der Waals surface area (Å²) in [6.45, 7) is 1.61. The van der Waals surface area contributed by atoms with Gasteiger partial charge in [-0.2, -0.15) is 23.3 Å². The van der Waals surface area contributed by atoms with Crippen LogP contribution in [0.25, 0.3) is 0 Å².